The smallest absolute Gasteiger partial charge is 0.134 e. The Labute approximate surface area is 167 Å². The molecular formula is C21H24BrN2OS+. The van der Waals surface area contributed by atoms with Gasteiger partial charge in [0, 0.05) is 17.3 Å². The molecule has 1 aliphatic rings. The van der Waals surface area contributed by atoms with E-state index < -0.39 is 0 Å². The summed E-state index contributed by atoms with van der Waals surface area (Å²) < 4.78 is 10.0. The highest BCUT2D eigenvalue weighted by atomic mass is 79.9. The van der Waals surface area contributed by atoms with Gasteiger partial charge in [-0.1, -0.05) is 40.2 Å². The van der Waals surface area contributed by atoms with Crippen molar-refractivity contribution in [3.05, 3.63) is 63.6 Å². The average Bonchev–Trinajstić information content (AvgIpc) is 3.04. The molecule has 4 rings (SSSR count). The van der Waals surface area contributed by atoms with Crippen LogP contribution >= 0.6 is 27.3 Å². The van der Waals surface area contributed by atoms with Gasteiger partial charge in [0.1, 0.15) is 11.1 Å². The van der Waals surface area contributed by atoms with Crippen LogP contribution in [0.3, 0.4) is 0 Å². The highest BCUT2D eigenvalue weighted by molar-refractivity contribution is 9.10. The normalized spacial score (nSPS) is 18.9. The molecule has 1 unspecified atom stereocenters. The molecule has 0 radical (unpaired) electrons. The zero-order chi connectivity index (χ0) is 18.1. The van der Waals surface area contributed by atoms with Crippen LogP contribution in [0.15, 0.2) is 53.0 Å². The van der Waals surface area contributed by atoms with Gasteiger partial charge < -0.3 is 9.22 Å². The van der Waals surface area contributed by atoms with Gasteiger partial charge >= 0.3 is 0 Å². The second-order valence-electron chi connectivity index (χ2n) is 7.67. The van der Waals surface area contributed by atoms with Crippen LogP contribution in [0.2, 0.25) is 0 Å². The maximum absolute atomic E-state index is 6.66. The summed E-state index contributed by atoms with van der Waals surface area (Å²) in [6.07, 6.45) is 2.38. The quantitative estimate of drug-likeness (QED) is 0.515. The van der Waals surface area contributed by atoms with Gasteiger partial charge in [0.2, 0.25) is 0 Å². The Balaban J connectivity index is 1.65. The van der Waals surface area contributed by atoms with Gasteiger partial charge in [-0.25, -0.2) is 4.98 Å². The number of fused-ring (bicyclic) bond motifs is 1. The number of nitrogens with zero attached hydrogens (tertiary/aromatic N) is 2. The van der Waals surface area contributed by atoms with Gasteiger partial charge in [0.25, 0.3) is 0 Å². The molecule has 0 bridgehead atoms. The third-order valence-corrected chi connectivity index (χ3v) is 6.70. The maximum atomic E-state index is 6.66. The zero-order valence-electron chi connectivity index (χ0n) is 15.2. The summed E-state index contributed by atoms with van der Waals surface area (Å²) in [5.41, 5.74) is 2.22. The number of piperidine rings is 1. The SMILES string of the molecule is C[N+]1(C)CCC(OC(c2cccc(Br)c2)c2nc3ccccc3s2)CC1. The minimum Gasteiger partial charge on any atom is -0.363 e. The number of quaternary nitrogens is 1. The van der Waals surface area contributed by atoms with Crippen molar-refractivity contribution < 1.29 is 9.22 Å². The molecule has 0 aliphatic carbocycles. The number of aromatic nitrogens is 1. The third kappa shape index (κ3) is 4.01. The van der Waals surface area contributed by atoms with E-state index in [0.29, 0.717) is 0 Å². The molecule has 1 atom stereocenters. The topological polar surface area (TPSA) is 22.1 Å². The Kier molecular flexibility index (Phi) is 5.15. The van der Waals surface area contributed by atoms with E-state index >= 15 is 0 Å². The van der Waals surface area contributed by atoms with Gasteiger partial charge in [-0.05, 0) is 29.8 Å². The lowest BCUT2D eigenvalue weighted by molar-refractivity contribution is -0.896. The molecular weight excluding hydrogens is 408 g/mol. The third-order valence-electron chi connectivity index (χ3n) is 5.13. The van der Waals surface area contributed by atoms with Crippen LogP contribution in [0.5, 0.6) is 0 Å². The molecule has 0 N–H and O–H groups in total. The first-order valence-corrected chi connectivity index (χ1v) is 10.7. The summed E-state index contributed by atoms with van der Waals surface area (Å²) in [5, 5.41) is 1.05. The molecule has 1 fully saturated rings. The molecule has 3 aromatic rings. The van der Waals surface area contributed by atoms with Crippen molar-refractivity contribution >= 4 is 37.5 Å². The molecule has 5 heteroatoms. The van der Waals surface area contributed by atoms with Gasteiger partial charge in [0.05, 0.1) is 43.5 Å². The molecule has 0 spiro atoms. The summed E-state index contributed by atoms with van der Waals surface area (Å²) in [7, 11) is 4.60. The second kappa shape index (κ2) is 7.39. The van der Waals surface area contributed by atoms with E-state index in [1.807, 2.05) is 6.07 Å². The number of hydrogen-bond acceptors (Lipinski definition) is 3. The van der Waals surface area contributed by atoms with Crippen LogP contribution in [0.1, 0.15) is 29.5 Å². The number of benzene rings is 2. The van der Waals surface area contributed by atoms with Gasteiger partial charge in [-0.2, -0.15) is 0 Å². The van der Waals surface area contributed by atoms with Crippen LogP contribution in [0.25, 0.3) is 10.2 Å². The number of halogens is 1. The molecule has 1 aromatic heterocycles. The van der Waals surface area contributed by atoms with Crippen molar-refractivity contribution in [2.45, 2.75) is 25.0 Å². The minimum absolute atomic E-state index is 0.108. The monoisotopic (exact) mass is 431 g/mol. The fraction of sp³-hybridized carbons (Fsp3) is 0.381. The van der Waals surface area contributed by atoms with E-state index in [2.05, 4.69) is 72.5 Å². The summed E-state index contributed by atoms with van der Waals surface area (Å²) in [5.74, 6) is 0. The van der Waals surface area contributed by atoms with Crippen LogP contribution in [0, 0.1) is 0 Å². The highest BCUT2D eigenvalue weighted by Gasteiger charge is 2.30. The molecule has 26 heavy (non-hydrogen) atoms. The van der Waals surface area contributed by atoms with E-state index in [9.17, 15) is 0 Å². The first kappa shape index (κ1) is 18.1. The van der Waals surface area contributed by atoms with Crippen LogP contribution < -0.4 is 0 Å². The molecule has 2 heterocycles. The largest absolute Gasteiger partial charge is 0.363 e. The molecule has 1 saturated heterocycles. The van der Waals surface area contributed by atoms with E-state index in [-0.39, 0.29) is 12.2 Å². The number of likely N-dealkylation sites (tertiary alicyclic amines) is 1. The Bertz CT molecular complexity index is 865. The molecule has 2 aromatic carbocycles. The fourth-order valence-electron chi connectivity index (χ4n) is 3.52. The number of ether oxygens (including phenoxy) is 1. The molecule has 0 saturated carbocycles. The van der Waals surface area contributed by atoms with Crippen LogP contribution in [0.4, 0.5) is 0 Å². The van der Waals surface area contributed by atoms with E-state index in [1.165, 1.54) is 4.70 Å². The summed E-state index contributed by atoms with van der Waals surface area (Å²) in [4.78, 5) is 4.89. The van der Waals surface area contributed by atoms with E-state index in [1.54, 1.807) is 11.3 Å². The Morgan fingerprint density at radius 3 is 2.62 bits per heavy atom. The predicted molar refractivity (Wildman–Crippen MR) is 112 cm³/mol. The standard InChI is InChI=1S/C21H24BrN2OS/c1-24(2)12-10-17(11-13-24)25-20(15-6-5-7-16(22)14-15)21-23-18-8-3-4-9-19(18)26-21/h3-9,14,17,20H,10-13H2,1-2H3/q+1. The van der Waals surface area contributed by atoms with E-state index in [0.717, 1.165) is 51.0 Å². The molecule has 136 valence electrons. The summed E-state index contributed by atoms with van der Waals surface area (Å²) >= 11 is 5.34. The zero-order valence-corrected chi connectivity index (χ0v) is 17.6. The predicted octanol–water partition coefficient (Wildman–Crippen LogP) is 5.40. The Morgan fingerprint density at radius 1 is 1.12 bits per heavy atom. The lowest BCUT2D eigenvalue weighted by atomic mass is 10.0. The highest BCUT2D eigenvalue weighted by Crippen LogP contribution is 2.36. The first-order chi connectivity index (χ1) is 12.5. The van der Waals surface area contributed by atoms with Gasteiger partial charge in [-0.15, -0.1) is 11.3 Å². The van der Waals surface area contributed by atoms with E-state index in [4.69, 9.17) is 9.72 Å². The fourth-order valence-corrected chi connectivity index (χ4v) is 4.97. The summed E-state index contributed by atoms with van der Waals surface area (Å²) in [6.45, 7) is 2.32. The molecule has 0 amide bonds. The lowest BCUT2D eigenvalue weighted by Crippen LogP contribution is -2.48. The summed E-state index contributed by atoms with van der Waals surface area (Å²) in [6, 6.07) is 16.7. The lowest BCUT2D eigenvalue weighted by Gasteiger charge is -2.38. The Morgan fingerprint density at radius 2 is 1.88 bits per heavy atom. The van der Waals surface area contributed by atoms with Crippen molar-refractivity contribution in [1.29, 1.82) is 0 Å². The number of rotatable bonds is 4. The maximum Gasteiger partial charge on any atom is 0.134 e. The van der Waals surface area contributed by atoms with Crippen LogP contribution in [-0.2, 0) is 4.74 Å². The first-order valence-electron chi connectivity index (χ1n) is 9.09. The van der Waals surface area contributed by atoms with Gasteiger partial charge in [-0.3, -0.25) is 0 Å². The van der Waals surface area contributed by atoms with Crippen molar-refractivity contribution in [3.8, 4) is 0 Å². The Hall–Kier alpha value is -1.27. The minimum atomic E-state index is -0.108. The number of para-hydroxylation sites is 1. The average molecular weight is 432 g/mol. The second-order valence-corrected chi connectivity index (χ2v) is 9.65. The number of thiazole rings is 1. The van der Waals surface area contributed by atoms with Crippen molar-refractivity contribution in [1.82, 2.24) is 4.98 Å². The molecule has 1 aliphatic heterocycles. The van der Waals surface area contributed by atoms with Gasteiger partial charge in [0.15, 0.2) is 0 Å². The number of hydrogen-bond donors (Lipinski definition) is 0. The molecule has 3 nitrogen and oxygen atoms in total. The van der Waals surface area contributed by atoms with Crippen molar-refractivity contribution in [2.24, 2.45) is 0 Å². The van der Waals surface area contributed by atoms with Crippen LogP contribution in [-0.4, -0.2) is 42.8 Å². The van der Waals surface area contributed by atoms with Crippen molar-refractivity contribution in [3.63, 3.8) is 0 Å². The van der Waals surface area contributed by atoms with Crippen molar-refractivity contribution in [2.75, 3.05) is 27.2 Å².